The van der Waals surface area contributed by atoms with Crippen molar-refractivity contribution in [1.29, 1.82) is 5.26 Å². The van der Waals surface area contributed by atoms with Crippen molar-refractivity contribution < 1.29 is 9.59 Å². The highest BCUT2D eigenvalue weighted by Crippen LogP contribution is 2.26. The molecule has 0 unspecified atom stereocenters. The summed E-state index contributed by atoms with van der Waals surface area (Å²) in [4.78, 5) is 29.7. The summed E-state index contributed by atoms with van der Waals surface area (Å²) in [6.45, 7) is 10.7. The molecule has 170 valence electrons. The van der Waals surface area contributed by atoms with Gasteiger partial charge < -0.3 is 9.80 Å². The Balaban J connectivity index is 1.53. The van der Waals surface area contributed by atoms with Crippen molar-refractivity contribution in [2.45, 2.75) is 58.9 Å². The largest absolute Gasteiger partial charge is 0.339 e. The number of carbonyl (C=O) groups is 2. The van der Waals surface area contributed by atoms with Crippen LogP contribution in [0.2, 0.25) is 0 Å². The highest BCUT2D eigenvalue weighted by molar-refractivity contribution is 5.87. The van der Waals surface area contributed by atoms with Crippen LogP contribution in [-0.4, -0.2) is 57.6 Å². The smallest absolute Gasteiger partial charge is 0.232 e. The molecule has 1 saturated heterocycles. The molecule has 7 heteroatoms. The molecule has 2 aromatic rings. The lowest BCUT2D eigenvalue weighted by molar-refractivity contribution is -0.142. The van der Waals surface area contributed by atoms with Crippen molar-refractivity contribution >= 4 is 11.8 Å². The summed E-state index contributed by atoms with van der Waals surface area (Å²) < 4.78 is 1.86. The maximum absolute atomic E-state index is 13.2. The van der Waals surface area contributed by atoms with E-state index in [1.54, 1.807) is 0 Å². The maximum Gasteiger partial charge on any atom is 0.232 e. The molecular weight excluding hydrogens is 402 g/mol. The van der Waals surface area contributed by atoms with Gasteiger partial charge in [0.2, 0.25) is 11.8 Å². The molecule has 2 amide bonds. The number of hydrogen-bond acceptors (Lipinski definition) is 4. The fourth-order valence-electron chi connectivity index (χ4n) is 4.39. The van der Waals surface area contributed by atoms with E-state index >= 15 is 0 Å². The average molecular weight is 436 g/mol. The molecule has 2 heterocycles. The van der Waals surface area contributed by atoms with E-state index in [4.69, 9.17) is 5.26 Å². The third kappa shape index (κ3) is 5.01. The summed E-state index contributed by atoms with van der Waals surface area (Å²) in [7, 11) is 0. The first-order valence-corrected chi connectivity index (χ1v) is 11.3. The van der Waals surface area contributed by atoms with Gasteiger partial charge >= 0.3 is 0 Å². The molecule has 3 rings (SSSR count). The molecule has 1 aliphatic rings. The summed E-state index contributed by atoms with van der Waals surface area (Å²) in [5.41, 5.74) is 3.46. The van der Waals surface area contributed by atoms with E-state index < -0.39 is 5.41 Å². The average Bonchev–Trinajstić information content (AvgIpc) is 3.08. The highest BCUT2D eigenvalue weighted by atomic mass is 16.2. The first kappa shape index (κ1) is 23.5. The lowest BCUT2D eigenvalue weighted by Gasteiger charge is -2.39. The van der Waals surface area contributed by atoms with Crippen LogP contribution in [0.5, 0.6) is 0 Å². The van der Waals surface area contributed by atoms with E-state index in [1.165, 1.54) is 0 Å². The van der Waals surface area contributed by atoms with Crippen molar-refractivity contribution in [2.75, 3.05) is 26.2 Å². The molecule has 0 atom stereocenters. The Morgan fingerprint density at radius 1 is 1.06 bits per heavy atom. The van der Waals surface area contributed by atoms with Crippen LogP contribution in [0, 0.1) is 25.2 Å². The molecule has 1 aromatic carbocycles. The molecule has 0 aliphatic carbocycles. The summed E-state index contributed by atoms with van der Waals surface area (Å²) in [5, 5.41) is 13.3. The number of hydrogen-bond donors (Lipinski definition) is 0. The number of piperazine rings is 1. The third-order valence-electron chi connectivity index (χ3n) is 6.51. The van der Waals surface area contributed by atoms with Crippen LogP contribution >= 0.6 is 0 Å². The number of rotatable bonds is 7. The van der Waals surface area contributed by atoms with Crippen LogP contribution in [0.1, 0.15) is 49.2 Å². The van der Waals surface area contributed by atoms with Gasteiger partial charge in [-0.2, -0.15) is 10.4 Å². The molecule has 1 aliphatic heterocycles. The maximum atomic E-state index is 13.2. The third-order valence-corrected chi connectivity index (χ3v) is 6.51. The Hall–Kier alpha value is -3.14. The number of benzene rings is 1. The summed E-state index contributed by atoms with van der Waals surface area (Å²) >= 11 is 0. The second-order valence-corrected chi connectivity index (χ2v) is 8.94. The number of nitrogens with zero attached hydrogens (tertiary/aromatic N) is 5. The van der Waals surface area contributed by atoms with Gasteiger partial charge in [-0.3, -0.25) is 14.3 Å². The Kier molecular flexibility index (Phi) is 7.34. The van der Waals surface area contributed by atoms with E-state index in [0.717, 1.165) is 22.5 Å². The van der Waals surface area contributed by atoms with E-state index in [0.29, 0.717) is 52.0 Å². The molecule has 1 aromatic heterocycles. The van der Waals surface area contributed by atoms with E-state index in [1.807, 2.05) is 72.5 Å². The van der Waals surface area contributed by atoms with Gasteiger partial charge in [0.1, 0.15) is 0 Å². The minimum atomic E-state index is -0.589. The van der Waals surface area contributed by atoms with Crippen LogP contribution in [0.4, 0.5) is 0 Å². The Bertz CT molecular complexity index is 995. The van der Waals surface area contributed by atoms with Crippen LogP contribution < -0.4 is 0 Å². The Labute approximate surface area is 190 Å². The number of amides is 2. The van der Waals surface area contributed by atoms with E-state index in [2.05, 4.69) is 11.2 Å². The van der Waals surface area contributed by atoms with Gasteiger partial charge in [0.05, 0.1) is 30.1 Å². The zero-order chi connectivity index (χ0) is 23.3. The van der Waals surface area contributed by atoms with Crippen LogP contribution in [0.3, 0.4) is 0 Å². The molecule has 0 saturated carbocycles. The fourth-order valence-corrected chi connectivity index (χ4v) is 4.39. The first-order valence-electron chi connectivity index (χ1n) is 11.3. The molecule has 0 radical (unpaired) electrons. The fraction of sp³-hybridized carbons (Fsp3) is 0.520. The molecule has 0 N–H and O–H groups in total. The molecule has 1 fully saturated rings. The predicted molar refractivity (Wildman–Crippen MR) is 123 cm³/mol. The van der Waals surface area contributed by atoms with Crippen molar-refractivity contribution in [3.63, 3.8) is 0 Å². The number of carbonyl (C=O) groups excluding carboxylic acids is 2. The summed E-state index contributed by atoms with van der Waals surface area (Å²) in [6.07, 6.45) is 1.49. The Morgan fingerprint density at radius 3 is 2.31 bits per heavy atom. The quantitative estimate of drug-likeness (QED) is 0.669. The lowest BCUT2D eigenvalue weighted by atomic mass is 9.83. The van der Waals surface area contributed by atoms with Crippen LogP contribution in [-0.2, 0) is 28.0 Å². The SMILES string of the molecule is Cc1nn(CCC#N)c(C)c1CCC(=O)N1CCN(C(=O)C(C)(C)c2ccccc2)CC1. The van der Waals surface area contributed by atoms with Gasteiger partial charge in [0, 0.05) is 38.3 Å². The van der Waals surface area contributed by atoms with Gasteiger partial charge in [-0.05, 0) is 45.2 Å². The minimum absolute atomic E-state index is 0.104. The molecule has 0 spiro atoms. The van der Waals surface area contributed by atoms with Crippen molar-refractivity contribution in [3.8, 4) is 6.07 Å². The molecule has 0 bridgehead atoms. The molecule has 32 heavy (non-hydrogen) atoms. The van der Waals surface area contributed by atoms with Gasteiger partial charge in [-0.1, -0.05) is 30.3 Å². The number of nitriles is 1. The van der Waals surface area contributed by atoms with Crippen LogP contribution in [0.15, 0.2) is 30.3 Å². The van der Waals surface area contributed by atoms with Gasteiger partial charge in [0.25, 0.3) is 0 Å². The van der Waals surface area contributed by atoms with Crippen LogP contribution in [0.25, 0.3) is 0 Å². The minimum Gasteiger partial charge on any atom is -0.339 e. The molecular formula is C25H33N5O2. The van der Waals surface area contributed by atoms with Gasteiger partial charge in [0.15, 0.2) is 0 Å². The first-order chi connectivity index (χ1) is 15.3. The standard InChI is InChI=1S/C25H33N5O2/c1-19-22(20(2)30(27-19)14-8-13-26)11-12-23(31)28-15-17-29(18-16-28)24(32)25(3,4)21-9-6-5-7-10-21/h5-7,9-10H,8,11-12,14-18H2,1-4H3. The van der Waals surface area contributed by atoms with Gasteiger partial charge in [-0.15, -0.1) is 0 Å². The number of aromatic nitrogens is 2. The monoisotopic (exact) mass is 435 g/mol. The normalized spacial score (nSPS) is 14.3. The zero-order valence-corrected chi connectivity index (χ0v) is 19.6. The van der Waals surface area contributed by atoms with E-state index in [-0.39, 0.29) is 11.8 Å². The predicted octanol–water partition coefficient (Wildman–Crippen LogP) is 2.99. The second kappa shape index (κ2) is 9.99. The Morgan fingerprint density at radius 2 is 1.69 bits per heavy atom. The summed E-state index contributed by atoms with van der Waals surface area (Å²) in [6, 6.07) is 12.0. The van der Waals surface area contributed by atoms with E-state index in [9.17, 15) is 9.59 Å². The van der Waals surface area contributed by atoms with Crippen molar-refractivity contribution in [3.05, 3.63) is 52.8 Å². The van der Waals surface area contributed by atoms with Crippen molar-refractivity contribution in [1.82, 2.24) is 19.6 Å². The van der Waals surface area contributed by atoms with Gasteiger partial charge in [-0.25, -0.2) is 0 Å². The molecule has 7 nitrogen and oxygen atoms in total. The lowest BCUT2D eigenvalue weighted by Crippen LogP contribution is -2.54. The number of aryl methyl sites for hydroxylation is 2. The zero-order valence-electron chi connectivity index (χ0n) is 19.6. The topological polar surface area (TPSA) is 82.2 Å². The van der Waals surface area contributed by atoms with Crippen molar-refractivity contribution in [2.24, 2.45) is 0 Å². The highest BCUT2D eigenvalue weighted by Gasteiger charge is 2.35. The summed E-state index contributed by atoms with van der Waals surface area (Å²) in [5.74, 6) is 0.217. The second-order valence-electron chi connectivity index (χ2n) is 8.94.